The van der Waals surface area contributed by atoms with E-state index in [0.717, 1.165) is 7.11 Å². The van der Waals surface area contributed by atoms with E-state index in [1.165, 1.54) is 0 Å². The van der Waals surface area contributed by atoms with Crippen molar-refractivity contribution in [2.45, 2.75) is 0 Å². The fraction of sp³-hybridized carbons (Fsp3) is 0.0769. The zero-order valence-corrected chi connectivity index (χ0v) is 8.88. The molecule has 2 rings (SSSR count). The molecule has 0 saturated carbocycles. The Kier molecular flexibility index (Phi) is 15.7. The minimum atomic E-state index is 0. The molecule has 2 heteroatoms. The molecule has 0 aliphatic carbocycles. The molecule has 0 radical (unpaired) electrons. The summed E-state index contributed by atoms with van der Waals surface area (Å²) in [6.45, 7) is 0. The van der Waals surface area contributed by atoms with Gasteiger partial charge in [-0.15, -0.1) is 0 Å². The number of benzene rings is 2. The molecule has 3 N–H and O–H groups in total. The Hall–Kier alpha value is -1.64. The summed E-state index contributed by atoms with van der Waals surface area (Å²) in [6.07, 6.45) is 0. The van der Waals surface area contributed by atoms with Gasteiger partial charge in [0.25, 0.3) is 0 Å². The van der Waals surface area contributed by atoms with Crippen LogP contribution in [0, 0.1) is 0 Å². The van der Waals surface area contributed by atoms with Crippen LogP contribution in [0.25, 0.3) is 0 Å². The normalized spacial score (nSPS) is 6.80. The van der Waals surface area contributed by atoms with Gasteiger partial charge >= 0.3 is 0 Å². The van der Waals surface area contributed by atoms with Crippen LogP contribution in [0.3, 0.4) is 0 Å². The maximum Gasteiger partial charge on any atom is 0.0319 e. The third kappa shape index (κ3) is 12.4. The van der Waals surface area contributed by atoms with Crippen molar-refractivity contribution in [1.29, 1.82) is 0 Å². The van der Waals surface area contributed by atoms with Gasteiger partial charge in [0.2, 0.25) is 0 Å². The Morgan fingerprint density at radius 1 is 0.400 bits per heavy atom. The largest absolute Gasteiger partial charge is 0.412 e. The topological polar surface area (TPSA) is 51.7 Å². The van der Waals surface area contributed by atoms with E-state index in [2.05, 4.69) is 0 Å². The van der Waals surface area contributed by atoms with Gasteiger partial charge in [0.1, 0.15) is 0 Å². The van der Waals surface area contributed by atoms with Gasteiger partial charge in [-0.05, 0) is 0 Å². The first-order valence-corrected chi connectivity index (χ1v) is 4.45. The standard InChI is InChI=1S/2C6H6.CH4O.H2O/c2*1-2-4-6-5-3-1;1-2;/h2*1-6H;2H,1H3;1H2. The highest BCUT2D eigenvalue weighted by atomic mass is 16.2. The van der Waals surface area contributed by atoms with E-state index < -0.39 is 0 Å². The van der Waals surface area contributed by atoms with E-state index in [0.29, 0.717) is 0 Å². The molecule has 0 aromatic heterocycles. The van der Waals surface area contributed by atoms with Crippen molar-refractivity contribution < 1.29 is 10.6 Å². The van der Waals surface area contributed by atoms with Crippen LogP contribution in [-0.4, -0.2) is 17.7 Å². The van der Waals surface area contributed by atoms with E-state index in [-0.39, 0.29) is 5.48 Å². The van der Waals surface area contributed by atoms with Crippen molar-refractivity contribution in [3.05, 3.63) is 72.8 Å². The number of aliphatic hydroxyl groups is 1. The molecule has 0 amide bonds. The van der Waals surface area contributed by atoms with Gasteiger partial charge in [-0.3, -0.25) is 0 Å². The lowest BCUT2D eigenvalue weighted by Gasteiger charge is -1.69. The predicted octanol–water partition coefficient (Wildman–Crippen LogP) is 2.16. The number of hydrogen-bond acceptors (Lipinski definition) is 1. The molecule has 0 bridgehead atoms. The summed E-state index contributed by atoms with van der Waals surface area (Å²) in [5.41, 5.74) is 0. The Morgan fingerprint density at radius 3 is 0.533 bits per heavy atom. The molecule has 0 unspecified atom stereocenters. The van der Waals surface area contributed by atoms with Gasteiger partial charge in [0.15, 0.2) is 0 Å². The van der Waals surface area contributed by atoms with Gasteiger partial charge in [-0.2, -0.15) is 0 Å². The molecule has 82 valence electrons. The Labute approximate surface area is 91.1 Å². The van der Waals surface area contributed by atoms with Gasteiger partial charge in [-0.25, -0.2) is 0 Å². The Bertz CT molecular complexity index is 184. The van der Waals surface area contributed by atoms with Crippen LogP contribution in [0.4, 0.5) is 0 Å². The molecule has 0 spiro atoms. The first-order chi connectivity index (χ1) is 7.00. The minimum Gasteiger partial charge on any atom is -0.412 e. The smallest absolute Gasteiger partial charge is 0.0319 e. The van der Waals surface area contributed by atoms with Crippen LogP contribution in [0.15, 0.2) is 72.8 Å². The fourth-order valence-corrected chi connectivity index (χ4v) is 0.770. The maximum atomic E-state index is 7.00. The number of aliphatic hydroxyl groups excluding tert-OH is 1. The molecular formula is C13H18O2. The Balaban J connectivity index is 0. The van der Waals surface area contributed by atoms with Crippen molar-refractivity contribution in [3.8, 4) is 0 Å². The quantitative estimate of drug-likeness (QED) is 0.705. The molecule has 2 aromatic rings. The number of hydrogen-bond donors (Lipinski definition) is 1. The molecule has 0 fully saturated rings. The van der Waals surface area contributed by atoms with E-state index in [4.69, 9.17) is 5.11 Å². The molecule has 0 aliphatic rings. The second kappa shape index (κ2) is 14.9. The van der Waals surface area contributed by atoms with Crippen LogP contribution in [0.1, 0.15) is 0 Å². The molecule has 0 heterocycles. The Morgan fingerprint density at radius 2 is 0.467 bits per heavy atom. The zero-order chi connectivity index (χ0) is 10.5. The van der Waals surface area contributed by atoms with Crippen molar-refractivity contribution >= 4 is 0 Å². The summed E-state index contributed by atoms with van der Waals surface area (Å²) in [4.78, 5) is 0. The van der Waals surface area contributed by atoms with E-state index in [1.807, 2.05) is 72.8 Å². The highest BCUT2D eigenvalue weighted by Crippen LogP contribution is 1.80. The van der Waals surface area contributed by atoms with Crippen LogP contribution < -0.4 is 0 Å². The fourth-order valence-electron chi connectivity index (χ4n) is 0.770. The lowest BCUT2D eigenvalue weighted by Crippen LogP contribution is -1.47. The number of rotatable bonds is 0. The van der Waals surface area contributed by atoms with Gasteiger partial charge in [0, 0.05) is 7.11 Å². The third-order valence-electron chi connectivity index (χ3n) is 1.33. The van der Waals surface area contributed by atoms with Crippen molar-refractivity contribution in [2.24, 2.45) is 0 Å². The molecule has 2 aromatic carbocycles. The summed E-state index contributed by atoms with van der Waals surface area (Å²) in [7, 11) is 1.00. The zero-order valence-electron chi connectivity index (χ0n) is 8.88. The summed E-state index contributed by atoms with van der Waals surface area (Å²) in [6, 6.07) is 24.0. The average Bonchev–Trinajstić information content (AvgIpc) is 2.37. The lowest BCUT2D eigenvalue weighted by atomic mass is 10.4. The second-order valence-corrected chi connectivity index (χ2v) is 2.31. The molecule has 0 atom stereocenters. The highest BCUT2D eigenvalue weighted by Gasteiger charge is 1.58. The van der Waals surface area contributed by atoms with Gasteiger partial charge in [0.05, 0.1) is 0 Å². The van der Waals surface area contributed by atoms with E-state index >= 15 is 0 Å². The van der Waals surface area contributed by atoms with Crippen LogP contribution in [0.5, 0.6) is 0 Å². The second-order valence-electron chi connectivity index (χ2n) is 2.31. The van der Waals surface area contributed by atoms with E-state index in [1.54, 1.807) is 0 Å². The average molecular weight is 206 g/mol. The highest BCUT2D eigenvalue weighted by molar-refractivity contribution is 4.99. The van der Waals surface area contributed by atoms with Gasteiger partial charge in [-0.1, -0.05) is 72.8 Å². The van der Waals surface area contributed by atoms with Crippen molar-refractivity contribution in [1.82, 2.24) is 0 Å². The van der Waals surface area contributed by atoms with Crippen LogP contribution >= 0.6 is 0 Å². The third-order valence-corrected chi connectivity index (χ3v) is 1.33. The predicted molar refractivity (Wildman–Crippen MR) is 64.6 cm³/mol. The lowest BCUT2D eigenvalue weighted by molar-refractivity contribution is 0.399. The molecular weight excluding hydrogens is 188 g/mol. The SMILES string of the molecule is CO.O.c1ccccc1.c1ccccc1. The summed E-state index contributed by atoms with van der Waals surface area (Å²) in [5, 5.41) is 7.00. The molecule has 0 saturated heterocycles. The van der Waals surface area contributed by atoms with Crippen molar-refractivity contribution in [2.75, 3.05) is 7.11 Å². The van der Waals surface area contributed by atoms with Crippen LogP contribution in [0.2, 0.25) is 0 Å². The van der Waals surface area contributed by atoms with Crippen molar-refractivity contribution in [3.63, 3.8) is 0 Å². The summed E-state index contributed by atoms with van der Waals surface area (Å²) >= 11 is 0. The molecule has 0 aliphatic heterocycles. The molecule has 15 heavy (non-hydrogen) atoms. The maximum absolute atomic E-state index is 7.00. The monoisotopic (exact) mass is 206 g/mol. The summed E-state index contributed by atoms with van der Waals surface area (Å²) < 4.78 is 0. The van der Waals surface area contributed by atoms with Gasteiger partial charge < -0.3 is 10.6 Å². The minimum absolute atomic E-state index is 0. The van der Waals surface area contributed by atoms with Crippen LogP contribution in [-0.2, 0) is 0 Å². The first-order valence-electron chi connectivity index (χ1n) is 4.45. The first kappa shape index (κ1) is 15.8. The van der Waals surface area contributed by atoms with E-state index in [9.17, 15) is 0 Å². The summed E-state index contributed by atoms with van der Waals surface area (Å²) in [5.74, 6) is 0. The molecule has 2 nitrogen and oxygen atoms in total.